The maximum Gasteiger partial charge on any atom is 0.432 e. The van der Waals surface area contributed by atoms with Gasteiger partial charge in [-0.2, -0.15) is 26.3 Å². The summed E-state index contributed by atoms with van der Waals surface area (Å²) in [5.41, 5.74) is -1.36. The third-order valence-corrected chi connectivity index (χ3v) is 7.63. The minimum Gasteiger partial charge on any atom is -0.445 e. The molecule has 0 aromatic heterocycles. The van der Waals surface area contributed by atoms with Crippen molar-refractivity contribution in [3.05, 3.63) is 0 Å². The molecule has 1 spiro atoms. The molecule has 26 heavy (non-hydrogen) atoms. The fourth-order valence-electron chi connectivity index (χ4n) is 6.42. The van der Waals surface area contributed by atoms with Gasteiger partial charge in [-0.05, 0) is 61.7 Å². The Morgan fingerprint density at radius 2 is 1.77 bits per heavy atom. The second-order valence-electron chi connectivity index (χ2n) is 8.16. The van der Waals surface area contributed by atoms with Crippen molar-refractivity contribution in [2.45, 2.75) is 56.1 Å². The lowest BCUT2D eigenvalue weighted by Gasteiger charge is -2.57. The van der Waals surface area contributed by atoms with Gasteiger partial charge in [0.05, 0.1) is 12.5 Å². The van der Waals surface area contributed by atoms with E-state index in [2.05, 4.69) is 14.0 Å². The van der Waals surface area contributed by atoms with Gasteiger partial charge in [-0.15, -0.1) is 0 Å². The molecule has 0 amide bonds. The molecule has 0 radical (unpaired) electrons. The van der Waals surface area contributed by atoms with Gasteiger partial charge in [0.2, 0.25) is 0 Å². The Morgan fingerprint density at radius 1 is 1.08 bits per heavy atom. The highest BCUT2D eigenvalue weighted by atomic mass is 32.2. The average Bonchev–Trinajstić information content (AvgIpc) is 2.84. The molecule has 4 nitrogen and oxygen atoms in total. The smallest absolute Gasteiger partial charge is 0.432 e. The summed E-state index contributed by atoms with van der Waals surface area (Å²) in [6.45, 7) is 0. The summed E-state index contributed by atoms with van der Waals surface area (Å²) in [7, 11) is 0.888. The minimum absolute atomic E-state index is 0.282. The molecule has 0 aromatic carbocycles. The summed E-state index contributed by atoms with van der Waals surface area (Å²) >= 11 is -0.810. The van der Waals surface area contributed by atoms with Gasteiger partial charge in [-0.25, -0.2) is 4.89 Å². The molecule has 0 N–H and O–H groups in total. The summed E-state index contributed by atoms with van der Waals surface area (Å²) in [5, 5.41) is -4.52. The molecule has 6 unspecified atom stereocenters. The SMILES string of the molecule is COOSC(F)(F)C(OC(=O)C12CC3CC4CC(C1)C2(C4)C3)C(F)(F)F. The quantitative estimate of drug-likeness (QED) is 0.215. The zero-order valence-corrected chi connectivity index (χ0v) is 14.8. The largest absolute Gasteiger partial charge is 0.445 e. The first kappa shape index (κ1) is 18.7. The van der Waals surface area contributed by atoms with E-state index < -0.39 is 41.0 Å². The van der Waals surface area contributed by atoms with Crippen molar-refractivity contribution in [2.75, 3.05) is 7.11 Å². The molecule has 10 heteroatoms. The van der Waals surface area contributed by atoms with Crippen molar-refractivity contribution in [2.24, 2.45) is 28.6 Å². The molecule has 0 saturated heterocycles. The number of carbonyl (C=O) groups excluding carboxylic acids is 1. The molecular formula is C16H19F5O4S. The van der Waals surface area contributed by atoms with Crippen molar-refractivity contribution in [1.82, 2.24) is 0 Å². The third-order valence-electron chi connectivity index (χ3n) is 6.99. The maximum absolute atomic E-state index is 14.0. The second-order valence-corrected chi connectivity index (χ2v) is 9.01. The average molecular weight is 402 g/mol. The highest BCUT2D eigenvalue weighted by molar-refractivity contribution is 7.95. The van der Waals surface area contributed by atoms with Crippen molar-refractivity contribution in [3.8, 4) is 0 Å². The molecule has 0 aliphatic heterocycles. The Bertz CT molecular complexity index is 608. The van der Waals surface area contributed by atoms with Crippen LogP contribution in [0.25, 0.3) is 0 Å². The summed E-state index contributed by atoms with van der Waals surface area (Å²) in [4.78, 5) is 16.7. The van der Waals surface area contributed by atoms with E-state index in [4.69, 9.17) is 0 Å². The molecule has 148 valence electrons. The van der Waals surface area contributed by atoms with E-state index in [-0.39, 0.29) is 11.3 Å². The molecule has 0 heterocycles. The van der Waals surface area contributed by atoms with E-state index in [0.29, 0.717) is 24.7 Å². The van der Waals surface area contributed by atoms with Crippen molar-refractivity contribution >= 4 is 18.0 Å². The van der Waals surface area contributed by atoms with Gasteiger partial charge < -0.3 is 4.74 Å². The van der Waals surface area contributed by atoms with Crippen LogP contribution in [0.3, 0.4) is 0 Å². The van der Waals surface area contributed by atoms with Crippen LogP contribution in [-0.4, -0.2) is 30.6 Å². The van der Waals surface area contributed by atoms with Crippen LogP contribution in [0.2, 0.25) is 0 Å². The highest BCUT2D eigenvalue weighted by Gasteiger charge is 2.78. The fraction of sp³-hybridized carbons (Fsp3) is 0.938. The Balaban J connectivity index is 1.56. The number of alkyl halides is 5. The summed E-state index contributed by atoms with van der Waals surface area (Å²) in [5.74, 6) is -0.0336. The van der Waals surface area contributed by atoms with Crippen LogP contribution in [0, 0.1) is 28.6 Å². The van der Waals surface area contributed by atoms with E-state index in [1.165, 1.54) is 0 Å². The summed E-state index contributed by atoms with van der Waals surface area (Å²) in [6, 6.07) is 0. The van der Waals surface area contributed by atoms with Crippen molar-refractivity contribution < 1.29 is 40.7 Å². The fourth-order valence-corrected chi connectivity index (χ4v) is 6.85. The number of carbonyl (C=O) groups is 1. The molecule has 3 bridgehead atoms. The lowest BCUT2D eigenvalue weighted by Crippen LogP contribution is -2.59. The third kappa shape index (κ3) is 2.44. The van der Waals surface area contributed by atoms with Crippen molar-refractivity contribution in [1.29, 1.82) is 0 Å². The van der Waals surface area contributed by atoms with Gasteiger partial charge in [0, 0.05) is 0 Å². The van der Waals surface area contributed by atoms with Crippen LogP contribution in [0.5, 0.6) is 0 Å². The predicted octanol–water partition coefficient (Wildman–Crippen LogP) is 4.50. The van der Waals surface area contributed by atoms with Gasteiger partial charge in [-0.3, -0.25) is 4.79 Å². The molecule has 4 rings (SSSR count). The zero-order chi connectivity index (χ0) is 19.0. The van der Waals surface area contributed by atoms with Crippen LogP contribution < -0.4 is 0 Å². The van der Waals surface area contributed by atoms with E-state index >= 15 is 0 Å². The van der Waals surface area contributed by atoms with Gasteiger partial charge in [0.15, 0.2) is 0 Å². The summed E-state index contributed by atoms with van der Waals surface area (Å²) < 4.78 is 76.0. The molecule has 6 atom stereocenters. The zero-order valence-electron chi connectivity index (χ0n) is 14.0. The number of esters is 1. The molecule has 0 aromatic rings. The Kier molecular flexibility index (Phi) is 4.11. The first-order valence-corrected chi connectivity index (χ1v) is 9.32. The maximum atomic E-state index is 14.0. The lowest BCUT2D eigenvalue weighted by molar-refractivity contribution is -0.271. The monoisotopic (exact) mass is 402 g/mol. The minimum atomic E-state index is -5.42. The summed E-state index contributed by atoms with van der Waals surface area (Å²) in [6.07, 6.45) is -4.52. The standard InChI is InChI=1S/C16H19F5O4S/c1-23-25-26-16(20,21)11(15(17,18)19)24-12(22)14-6-9-2-8-3-10(7-14)13(14,4-8)5-9/h8-11H,2-7H2,1H3. The van der Waals surface area contributed by atoms with Gasteiger partial charge in [0.25, 0.3) is 6.10 Å². The molecular weight excluding hydrogens is 383 g/mol. The predicted molar refractivity (Wildman–Crippen MR) is 79.6 cm³/mol. The normalized spacial score (nSPS) is 41.7. The van der Waals surface area contributed by atoms with Crippen LogP contribution in [0.1, 0.15) is 38.5 Å². The highest BCUT2D eigenvalue weighted by Crippen LogP contribution is 2.81. The number of ether oxygens (including phenoxy) is 1. The molecule has 4 aliphatic carbocycles. The van der Waals surface area contributed by atoms with Crippen LogP contribution in [0.4, 0.5) is 22.0 Å². The lowest BCUT2D eigenvalue weighted by atomic mass is 9.46. The van der Waals surface area contributed by atoms with Gasteiger partial charge in [0.1, 0.15) is 12.0 Å². The number of fused-ring (bicyclic) bond motifs is 2. The number of halogens is 5. The Hall–Kier alpha value is -0.610. The number of hydrogen-bond donors (Lipinski definition) is 0. The number of rotatable bonds is 6. The van der Waals surface area contributed by atoms with Gasteiger partial charge in [-0.1, -0.05) is 0 Å². The first-order valence-electron chi connectivity index (χ1n) is 8.58. The Morgan fingerprint density at radius 3 is 2.42 bits per heavy atom. The number of hydrogen-bond acceptors (Lipinski definition) is 5. The van der Waals surface area contributed by atoms with Crippen LogP contribution >= 0.6 is 12.0 Å². The van der Waals surface area contributed by atoms with Gasteiger partial charge >= 0.3 is 17.4 Å². The Labute approximate surface area is 151 Å². The van der Waals surface area contributed by atoms with Crippen LogP contribution in [0.15, 0.2) is 0 Å². The van der Waals surface area contributed by atoms with Crippen LogP contribution in [-0.2, 0) is 18.8 Å². The first-order chi connectivity index (χ1) is 12.0. The molecule has 4 saturated carbocycles. The van der Waals surface area contributed by atoms with E-state index in [0.717, 1.165) is 32.8 Å². The molecule has 4 aliphatic rings. The van der Waals surface area contributed by atoms with E-state index in [1.807, 2.05) is 0 Å². The topological polar surface area (TPSA) is 44.8 Å². The van der Waals surface area contributed by atoms with Crippen molar-refractivity contribution in [3.63, 3.8) is 0 Å². The van der Waals surface area contributed by atoms with E-state index in [9.17, 15) is 26.7 Å². The molecule has 4 fully saturated rings. The second kappa shape index (κ2) is 5.70. The van der Waals surface area contributed by atoms with E-state index in [1.54, 1.807) is 0 Å².